The fourth-order valence-electron chi connectivity index (χ4n) is 2.57. The number of rotatable bonds is 1. The molecule has 0 atom stereocenters. The van der Waals surface area contributed by atoms with Crippen molar-refractivity contribution in [3.8, 4) is 0 Å². The minimum Gasteiger partial charge on any atom is -0.344 e. The van der Waals surface area contributed by atoms with E-state index in [0.717, 1.165) is 0 Å². The molecular formula is C15H16N2. The van der Waals surface area contributed by atoms with E-state index in [-0.39, 0.29) is 0 Å². The number of aromatic nitrogens is 2. The Hall–Kier alpha value is -1.83. The van der Waals surface area contributed by atoms with E-state index < -0.39 is 0 Å². The Balaban J connectivity index is 2.59. The van der Waals surface area contributed by atoms with Crippen LogP contribution in [0.15, 0.2) is 36.5 Å². The van der Waals surface area contributed by atoms with Crippen molar-refractivity contribution in [2.75, 3.05) is 0 Å². The van der Waals surface area contributed by atoms with Crippen LogP contribution in [0.2, 0.25) is 0 Å². The number of hydrogen-bond donors (Lipinski definition) is 0. The predicted octanol–water partition coefficient (Wildman–Crippen LogP) is 3.85. The number of benzene rings is 1. The highest BCUT2D eigenvalue weighted by molar-refractivity contribution is 6.09. The molecule has 2 aromatic heterocycles. The van der Waals surface area contributed by atoms with Gasteiger partial charge in [-0.1, -0.05) is 32.0 Å². The highest BCUT2D eigenvalue weighted by Crippen LogP contribution is 2.32. The number of nitrogens with zero attached hydrogens (tertiary/aromatic N) is 2. The predicted molar refractivity (Wildman–Crippen MR) is 72.3 cm³/mol. The van der Waals surface area contributed by atoms with Crippen molar-refractivity contribution in [1.29, 1.82) is 0 Å². The van der Waals surface area contributed by atoms with E-state index in [1.807, 2.05) is 6.20 Å². The highest BCUT2D eigenvalue weighted by Gasteiger charge is 2.13. The fourth-order valence-corrected chi connectivity index (χ4v) is 2.57. The van der Waals surface area contributed by atoms with Gasteiger partial charge in [-0.2, -0.15) is 0 Å². The van der Waals surface area contributed by atoms with E-state index in [0.29, 0.717) is 5.92 Å². The van der Waals surface area contributed by atoms with Crippen molar-refractivity contribution in [3.05, 3.63) is 42.2 Å². The van der Waals surface area contributed by atoms with Crippen molar-refractivity contribution < 1.29 is 0 Å². The summed E-state index contributed by atoms with van der Waals surface area (Å²) in [6.45, 7) is 4.40. The number of pyridine rings is 1. The van der Waals surface area contributed by atoms with Crippen molar-refractivity contribution in [1.82, 2.24) is 9.55 Å². The minimum atomic E-state index is 0.449. The van der Waals surface area contributed by atoms with Crippen LogP contribution in [-0.2, 0) is 7.05 Å². The molecule has 17 heavy (non-hydrogen) atoms. The first kappa shape index (κ1) is 10.3. The van der Waals surface area contributed by atoms with Gasteiger partial charge in [0.05, 0.1) is 11.2 Å². The van der Waals surface area contributed by atoms with Gasteiger partial charge in [0.2, 0.25) is 0 Å². The first-order chi connectivity index (χ1) is 8.20. The maximum absolute atomic E-state index is 4.56. The first-order valence-electron chi connectivity index (χ1n) is 6.02. The Morgan fingerprint density at radius 3 is 2.59 bits per heavy atom. The second-order valence-corrected chi connectivity index (χ2v) is 4.82. The molecule has 2 heterocycles. The summed E-state index contributed by atoms with van der Waals surface area (Å²) in [7, 11) is 2.12. The SMILES string of the molecule is CC(C)c1nccc2c1c1ccccc1n2C. The van der Waals surface area contributed by atoms with Crippen LogP contribution >= 0.6 is 0 Å². The Morgan fingerprint density at radius 1 is 1.06 bits per heavy atom. The van der Waals surface area contributed by atoms with E-state index in [9.17, 15) is 0 Å². The Bertz CT molecular complexity index is 693. The fraction of sp³-hybridized carbons (Fsp3) is 0.267. The summed E-state index contributed by atoms with van der Waals surface area (Å²) in [5.41, 5.74) is 3.74. The molecule has 2 heteroatoms. The average molecular weight is 224 g/mol. The van der Waals surface area contributed by atoms with Crippen LogP contribution in [0.25, 0.3) is 21.8 Å². The summed E-state index contributed by atoms with van der Waals surface area (Å²) in [6.07, 6.45) is 1.91. The molecule has 0 aliphatic carbocycles. The monoisotopic (exact) mass is 224 g/mol. The van der Waals surface area contributed by atoms with E-state index >= 15 is 0 Å². The molecule has 0 N–H and O–H groups in total. The number of fused-ring (bicyclic) bond motifs is 3. The zero-order valence-corrected chi connectivity index (χ0v) is 10.4. The molecule has 0 radical (unpaired) electrons. The Labute approximate surface area is 101 Å². The van der Waals surface area contributed by atoms with Gasteiger partial charge in [0.1, 0.15) is 0 Å². The average Bonchev–Trinajstić information content (AvgIpc) is 2.64. The van der Waals surface area contributed by atoms with E-state index in [1.54, 1.807) is 0 Å². The molecule has 3 rings (SSSR count). The van der Waals surface area contributed by atoms with Crippen LogP contribution in [-0.4, -0.2) is 9.55 Å². The third-order valence-corrected chi connectivity index (χ3v) is 3.40. The standard InChI is InChI=1S/C15H16N2/c1-10(2)15-14-11-6-4-5-7-12(11)17(3)13(14)8-9-16-15/h4-10H,1-3H3. The zero-order valence-electron chi connectivity index (χ0n) is 10.4. The smallest absolute Gasteiger partial charge is 0.0529 e. The number of aryl methyl sites for hydroxylation is 1. The lowest BCUT2D eigenvalue weighted by Gasteiger charge is -2.06. The summed E-state index contributed by atoms with van der Waals surface area (Å²) < 4.78 is 2.25. The van der Waals surface area contributed by atoms with E-state index in [4.69, 9.17) is 0 Å². The summed E-state index contributed by atoms with van der Waals surface area (Å²) in [4.78, 5) is 4.56. The molecule has 0 spiro atoms. The van der Waals surface area contributed by atoms with Crippen LogP contribution in [0.1, 0.15) is 25.5 Å². The van der Waals surface area contributed by atoms with Gasteiger partial charge >= 0.3 is 0 Å². The largest absolute Gasteiger partial charge is 0.344 e. The van der Waals surface area contributed by atoms with Crippen LogP contribution in [0.4, 0.5) is 0 Å². The second kappa shape index (κ2) is 3.59. The quantitative estimate of drug-likeness (QED) is 0.614. The molecule has 0 aliphatic heterocycles. The van der Waals surface area contributed by atoms with Gasteiger partial charge in [-0.25, -0.2) is 0 Å². The van der Waals surface area contributed by atoms with Crippen molar-refractivity contribution in [2.45, 2.75) is 19.8 Å². The van der Waals surface area contributed by atoms with Crippen molar-refractivity contribution in [3.63, 3.8) is 0 Å². The van der Waals surface area contributed by atoms with Crippen LogP contribution in [0.5, 0.6) is 0 Å². The molecule has 3 aromatic rings. The third kappa shape index (κ3) is 1.37. The van der Waals surface area contributed by atoms with Gasteiger partial charge in [-0.3, -0.25) is 4.98 Å². The number of para-hydroxylation sites is 1. The van der Waals surface area contributed by atoms with Gasteiger partial charge in [-0.15, -0.1) is 0 Å². The molecular weight excluding hydrogens is 208 g/mol. The lowest BCUT2D eigenvalue weighted by Crippen LogP contribution is -1.93. The summed E-state index contributed by atoms with van der Waals surface area (Å²) >= 11 is 0. The Morgan fingerprint density at radius 2 is 1.82 bits per heavy atom. The lowest BCUT2D eigenvalue weighted by atomic mass is 10.0. The van der Waals surface area contributed by atoms with E-state index in [1.165, 1.54) is 27.5 Å². The number of hydrogen-bond acceptors (Lipinski definition) is 1. The van der Waals surface area contributed by atoms with Gasteiger partial charge in [0.25, 0.3) is 0 Å². The molecule has 0 unspecified atom stereocenters. The maximum Gasteiger partial charge on any atom is 0.0529 e. The zero-order chi connectivity index (χ0) is 12.0. The van der Waals surface area contributed by atoms with Gasteiger partial charge < -0.3 is 4.57 Å². The van der Waals surface area contributed by atoms with Gasteiger partial charge in [0.15, 0.2) is 0 Å². The van der Waals surface area contributed by atoms with Crippen LogP contribution in [0.3, 0.4) is 0 Å². The summed E-state index contributed by atoms with van der Waals surface area (Å²) in [6, 6.07) is 10.6. The van der Waals surface area contributed by atoms with Crippen molar-refractivity contribution >= 4 is 21.8 Å². The molecule has 0 saturated carbocycles. The van der Waals surface area contributed by atoms with Crippen LogP contribution < -0.4 is 0 Å². The van der Waals surface area contributed by atoms with E-state index in [2.05, 4.69) is 60.8 Å². The minimum absolute atomic E-state index is 0.449. The first-order valence-corrected chi connectivity index (χ1v) is 6.02. The maximum atomic E-state index is 4.56. The highest BCUT2D eigenvalue weighted by atomic mass is 14.9. The molecule has 86 valence electrons. The summed E-state index contributed by atoms with van der Waals surface area (Å²) in [5.74, 6) is 0.449. The molecule has 0 bridgehead atoms. The molecule has 0 fully saturated rings. The lowest BCUT2D eigenvalue weighted by molar-refractivity contribution is 0.834. The third-order valence-electron chi connectivity index (χ3n) is 3.40. The molecule has 0 saturated heterocycles. The topological polar surface area (TPSA) is 17.8 Å². The second-order valence-electron chi connectivity index (χ2n) is 4.82. The van der Waals surface area contributed by atoms with Gasteiger partial charge in [-0.05, 0) is 18.1 Å². The Kier molecular flexibility index (Phi) is 2.18. The summed E-state index contributed by atoms with van der Waals surface area (Å²) in [5, 5.41) is 2.61. The molecule has 1 aromatic carbocycles. The normalized spacial score (nSPS) is 11.8. The molecule has 0 amide bonds. The molecule has 2 nitrogen and oxygen atoms in total. The van der Waals surface area contributed by atoms with Crippen molar-refractivity contribution in [2.24, 2.45) is 7.05 Å². The molecule has 0 aliphatic rings. The van der Waals surface area contributed by atoms with Crippen LogP contribution in [0, 0.1) is 0 Å². The van der Waals surface area contributed by atoms with Gasteiger partial charge in [0, 0.05) is 29.5 Å².